The van der Waals surface area contributed by atoms with Gasteiger partial charge in [0.25, 0.3) is 0 Å². The molecular formula is C15H22N2O2S. The molecule has 110 valence electrons. The van der Waals surface area contributed by atoms with Gasteiger partial charge in [0.2, 0.25) is 10.0 Å². The molecule has 2 saturated heterocycles. The number of rotatable bonds is 3. The summed E-state index contributed by atoms with van der Waals surface area (Å²) in [5.41, 5.74) is 0.991. The summed E-state index contributed by atoms with van der Waals surface area (Å²) in [7, 11) is -3.35. The Morgan fingerprint density at radius 2 is 1.85 bits per heavy atom. The molecule has 1 aromatic rings. The van der Waals surface area contributed by atoms with Crippen molar-refractivity contribution < 1.29 is 8.42 Å². The van der Waals surface area contributed by atoms with Crippen LogP contribution in [-0.2, 0) is 10.0 Å². The lowest BCUT2D eigenvalue weighted by atomic mass is 10.2. The molecule has 0 spiro atoms. The Hall–Kier alpha value is -0.910. The highest BCUT2D eigenvalue weighted by molar-refractivity contribution is 7.89. The molecule has 2 unspecified atom stereocenters. The molecule has 0 aliphatic carbocycles. The van der Waals surface area contributed by atoms with E-state index >= 15 is 0 Å². The summed E-state index contributed by atoms with van der Waals surface area (Å²) < 4.78 is 27.6. The Morgan fingerprint density at radius 3 is 2.40 bits per heavy atom. The van der Waals surface area contributed by atoms with Gasteiger partial charge < -0.3 is 4.90 Å². The van der Waals surface area contributed by atoms with Crippen LogP contribution in [0.3, 0.4) is 0 Å². The molecule has 0 radical (unpaired) electrons. The molecule has 0 aromatic heterocycles. The van der Waals surface area contributed by atoms with Gasteiger partial charge in [0, 0.05) is 25.2 Å². The summed E-state index contributed by atoms with van der Waals surface area (Å²) >= 11 is 0. The number of aryl methyl sites for hydroxylation is 1. The minimum atomic E-state index is -3.35. The lowest BCUT2D eigenvalue weighted by Gasteiger charge is -2.39. The number of hydrogen-bond donors (Lipinski definition) is 0. The van der Waals surface area contributed by atoms with Crippen LogP contribution in [-0.4, -0.2) is 49.3 Å². The van der Waals surface area contributed by atoms with Crippen molar-refractivity contribution in [1.29, 1.82) is 0 Å². The normalized spacial score (nSPS) is 27.9. The quantitative estimate of drug-likeness (QED) is 0.854. The van der Waals surface area contributed by atoms with E-state index in [0.717, 1.165) is 38.0 Å². The first-order valence-corrected chi connectivity index (χ1v) is 8.79. The molecular weight excluding hydrogens is 272 g/mol. The second-order valence-electron chi connectivity index (χ2n) is 5.89. The zero-order chi connectivity index (χ0) is 14.3. The molecule has 0 amide bonds. The molecule has 2 bridgehead atoms. The number of piperazine rings is 1. The van der Waals surface area contributed by atoms with Crippen LogP contribution in [0.4, 0.5) is 0 Å². The van der Waals surface area contributed by atoms with Crippen molar-refractivity contribution in [3.63, 3.8) is 0 Å². The number of likely N-dealkylation sites (tertiary alicyclic amines) is 1. The number of fused-ring (bicyclic) bond motifs is 2. The third-order valence-corrected chi connectivity index (χ3v) is 6.50. The van der Waals surface area contributed by atoms with Crippen molar-refractivity contribution in [2.24, 2.45) is 0 Å². The average Bonchev–Trinajstić information content (AvgIpc) is 2.71. The molecule has 2 aliphatic heterocycles. The number of likely N-dealkylation sites (N-methyl/N-ethyl adjacent to an activating group) is 1. The summed E-state index contributed by atoms with van der Waals surface area (Å²) in [6.45, 7) is 6.83. The predicted octanol–water partition coefficient (Wildman–Crippen LogP) is 1.85. The van der Waals surface area contributed by atoms with Gasteiger partial charge in [-0.25, -0.2) is 8.42 Å². The zero-order valence-electron chi connectivity index (χ0n) is 12.1. The van der Waals surface area contributed by atoms with Crippen LogP contribution in [0, 0.1) is 6.92 Å². The van der Waals surface area contributed by atoms with Gasteiger partial charge >= 0.3 is 0 Å². The number of sulfonamides is 1. The smallest absolute Gasteiger partial charge is 0.243 e. The van der Waals surface area contributed by atoms with E-state index in [9.17, 15) is 8.42 Å². The highest BCUT2D eigenvalue weighted by Crippen LogP contribution is 2.35. The van der Waals surface area contributed by atoms with Crippen LogP contribution < -0.4 is 0 Å². The maximum absolute atomic E-state index is 12.9. The van der Waals surface area contributed by atoms with Crippen molar-refractivity contribution in [3.8, 4) is 0 Å². The summed E-state index contributed by atoms with van der Waals surface area (Å²) in [4.78, 5) is 2.81. The van der Waals surface area contributed by atoms with Crippen LogP contribution in [0.25, 0.3) is 0 Å². The molecule has 2 aliphatic rings. The van der Waals surface area contributed by atoms with E-state index in [1.807, 2.05) is 19.1 Å². The number of nitrogens with zero attached hydrogens (tertiary/aromatic N) is 2. The van der Waals surface area contributed by atoms with Gasteiger partial charge in [0.05, 0.1) is 4.90 Å². The molecule has 20 heavy (non-hydrogen) atoms. The van der Waals surface area contributed by atoms with Gasteiger partial charge in [-0.15, -0.1) is 0 Å². The summed E-state index contributed by atoms with van der Waals surface area (Å²) in [6, 6.07) is 7.56. The first kappa shape index (κ1) is 14.0. The molecule has 2 fully saturated rings. The molecule has 0 saturated carbocycles. The van der Waals surface area contributed by atoms with E-state index in [0.29, 0.717) is 4.90 Å². The Morgan fingerprint density at radius 1 is 1.20 bits per heavy atom. The molecule has 2 heterocycles. The standard InChI is InChI=1S/C15H22N2O2S/c1-3-16-10-13-7-8-14(11-16)17(13)20(18,19)15-6-4-5-12(2)9-15/h4-6,9,13-14H,3,7-8,10-11H2,1-2H3. The molecule has 0 N–H and O–H groups in total. The van der Waals surface area contributed by atoms with Gasteiger partial charge in [-0.05, 0) is 44.0 Å². The van der Waals surface area contributed by atoms with Crippen molar-refractivity contribution in [2.75, 3.05) is 19.6 Å². The second kappa shape index (κ2) is 5.13. The van der Waals surface area contributed by atoms with Crippen molar-refractivity contribution >= 4 is 10.0 Å². The molecule has 2 atom stereocenters. The molecule has 3 rings (SSSR count). The number of benzene rings is 1. The summed E-state index contributed by atoms with van der Waals surface area (Å²) in [5.74, 6) is 0. The average molecular weight is 294 g/mol. The van der Waals surface area contributed by atoms with E-state index in [-0.39, 0.29) is 12.1 Å². The van der Waals surface area contributed by atoms with E-state index < -0.39 is 10.0 Å². The fraction of sp³-hybridized carbons (Fsp3) is 0.600. The lowest BCUT2D eigenvalue weighted by molar-refractivity contribution is 0.135. The van der Waals surface area contributed by atoms with E-state index in [1.54, 1.807) is 16.4 Å². The Labute approximate surface area is 121 Å². The van der Waals surface area contributed by atoms with Crippen molar-refractivity contribution in [2.45, 2.75) is 43.7 Å². The summed E-state index contributed by atoms with van der Waals surface area (Å²) in [6.07, 6.45) is 1.98. The fourth-order valence-corrected chi connectivity index (χ4v) is 5.46. The highest BCUT2D eigenvalue weighted by Gasteiger charge is 2.46. The Kier molecular flexibility index (Phi) is 3.60. The lowest BCUT2D eigenvalue weighted by Crippen LogP contribution is -2.55. The van der Waals surface area contributed by atoms with Crippen molar-refractivity contribution in [3.05, 3.63) is 29.8 Å². The maximum atomic E-state index is 12.9. The van der Waals surface area contributed by atoms with Gasteiger partial charge in [-0.3, -0.25) is 0 Å². The van der Waals surface area contributed by atoms with Gasteiger partial charge in [0.15, 0.2) is 0 Å². The van der Waals surface area contributed by atoms with Crippen LogP contribution in [0.5, 0.6) is 0 Å². The largest absolute Gasteiger partial charge is 0.300 e. The van der Waals surface area contributed by atoms with Crippen LogP contribution in [0.15, 0.2) is 29.2 Å². The zero-order valence-corrected chi connectivity index (χ0v) is 12.9. The molecule has 5 heteroatoms. The van der Waals surface area contributed by atoms with Crippen LogP contribution in [0.1, 0.15) is 25.3 Å². The van der Waals surface area contributed by atoms with Gasteiger partial charge in [0.1, 0.15) is 0 Å². The summed E-state index contributed by atoms with van der Waals surface area (Å²) in [5, 5.41) is 0. The third kappa shape index (κ3) is 2.28. The minimum absolute atomic E-state index is 0.152. The minimum Gasteiger partial charge on any atom is -0.300 e. The predicted molar refractivity (Wildman–Crippen MR) is 79.1 cm³/mol. The van der Waals surface area contributed by atoms with E-state index in [2.05, 4.69) is 11.8 Å². The topological polar surface area (TPSA) is 40.6 Å². The molecule has 1 aromatic carbocycles. The van der Waals surface area contributed by atoms with Crippen LogP contribution >= 0.6 is 0 Å². The Bertz CT molecular complexity index is 586. The van der Waals surface area contributed by atoms with Gasteiger partial charge in [-0.1, -0.05) is 19.1 Å². The number of hydrogen-bond acceptors (Lipinski definition) is 3. The monoisotopic (exact) mass is 294 g/mol. The van der Waals surface area contributed by atoms with Gasteiger partial charge in [-0.2, -0.15) is 4.31 Å². The van der Waals surface area contributed by atoms with E-state index in [1.165, 1.54) is 0 Å². The second-order valence-corrected chi connectivity index (χ2v) is 7.73. The first-order valence-electron chi connectivity index (χ1n) is 7.35. The fourth-order valence-electron chi connectivity index (χ4n) is 3.50. The van der Waals surface area contributed by atoms with Crippen LogP contribution in [0.2, 0.25) is 0 Å². The first-order chi connectivity index (χ1) is 9.52. The SMILES string of the molecule is CCN1CC2CCC(C1)N2S(=O)(=O)c1cccc(C)c1. The molecule has 4 nitrogen and oxygen atoms in total. The van der Waals surface area contributed by atoms with Crippen molar-refractivity contribution in [1.82, 2.24) is 9.21 Å². The van der Waals surface area contributed by atoms with E-state index in [4.69, 9.17) is 0 Å². The maximum Gasteiger partial charge on any atom is 0.243 e. The Balaban J connectivity index is 1.93. The highest BCUT2D eigenvalue weighted by atomic mass is 32.2. The third-order valence-electron chi connectivity index (χ3n) is 4.50.